The summed E-state index contributed by atoms with van der Waals surface area (Å²) >= 11 is 7.06. The summed E-state index contributed by atoms with van der Waals surface area (Å²) in [5, 5.41) is 2.01. The van der Waals surface area contributed by atoms with E-state index in [9.17, 15) is 13.2 Å². The van der Waals surface area contributed by atoms with E-state index in [2.05, 4.69) is 15.0 Å². The molecule has 3 heterocycles. The van der Waals surface area contributed by atoms with Crippen molar-refractivity contribution < 1.29 is 13.2 Å². The lowest BCUT2D eigenvalue weighted by Crippen LogP contribution is -2.15. The van der Waals surface area contributed by atoms with Gasteiger partial charge in [-0.15, -0.1) is 11.3 Å². The van der Waals surface area contributed by atoms with Gasteiger partial charge in [0.15, 0.2) is 0 Å². The van der Waals surface area contributed by atoms with E-state index in [0.29, 0.717) is 32.7 Å². The molecule has 4 nitrogen and oxygen atoms in total. The van der Waals surface area contributed by atoms with E-state index in [1.165, 1.54) is 23.7 Å². The van der Waals surface area contributed by atoms with E-state index in [0.717, 1.165) is 6.07 Å². The third-order valence-corrected chi connectivity index (χ3v) is 5.50. The van der Waals surface area contributed by atoms with Gasteiger partial charge in [0.2, 0.25) is 0 Å². The van der Waals surface area contributed by atoms with Crippen LogP contribution in [0.2, 0.25) is 5.02 Å². The minimum atomic E-state index is -4.55. The van der Waals surface area contributed by atoms with Crippen LogP contribution in [0.4, 0.5) is 13.2 Å². The Labute approximate surface area is 166 Å². The molecule has 0 aliphatic rings. The van der Waals surface area contributed by atoms with Crippen molar-refractivity contribution in [3.63, 3.8) is 0 Å². The fourth-order valence-corrected chi connectivity index (χ4v) is 4.11. The van der Waals surface area contributed by atoms with E-state index >= 15 is 0 Å². The van der Waals surface area contributed by atoms with Gasteiger partial charge < -0.3 is 5.73 Å². The second-order valence-corrected chi connectivity index (χ2v) is 7.28. The lowest BCUT2D eigenvalue weighted by molar-refractivity contribution is -0.137. The molecule has 28 heavy (non-hydrogen) atoms. The van der Waals surface area contributed by atoms with Crippen molar-refractivity contribution in [2.45, 2.75) is 12.2 Å². The van der Waals surface area contributed by atoms with E-state index in [-0.39, 0.29) is 5.02 Å². The first-order valence-electron chi connectivity index (χ1n) is 8.12. The molecule has 142 valence electrons. The normalized spacial score (nSPS) is 13.0. The third kappa shape index (κ3) is 3.34. The molecule has 0 amide bonds. The first-order valence-corrected chi connectivity index (χ1v) is 9.37. The Morgan fingerprint density at radius 3 is 2.61 bits per heavy atom. The molecule has 0 fully saturated rings. The maximum Gasteiger partial charge on any atom is 0.417 e. The Kier molecular flexibility index (Phi) is 4.78. The van der Waals surface area contributed by atoms with Gasteiger partial charge in [0.05, 0.1) is 28.0 Å². The van der Waals surface area contributed by atoms with E-state index in [1.807, 2.05) is 6.07 Å². The number of hydrogen-bond acceptors (Lipinski definition) is 5. The van der Waals surface area contributed by atoms with Crippen molar-refractivity contribution in [2.75, 3.05) is 0 Å². The first-order chi connectivity index (χ1) is 13.4. The number of rotatable bonds is 3. The van der Waals surface area contributed by atoms with Gasteiger partial charge >= 0.3 is 6.18 Å². The van der Waals surface area contributed by atoms with E-state index in [4.69, 9.17) is 17.3 Å². The summed E-state index contributed by atoms with van der Waals surface area (Å²) in [5.41, 5.74) is 7.52. The highest BCUT2D eigenvalue weighted by atomic mass is 35.5. The second kappa shape index (κ2) is 7.12. The number of nitrogens with zero attached hydrogens (tertiary/aromatic N) is 3. The minimum absolute atomic E-state index is 0.350. The lowest BCUT2D eigenvalue weighted by atomic mass is 9.99. The molecule has 0 aliphatic heterocycles. The summed E-state index contributed by atoms with van der Waals surface area (Å²) in [6.45, 7) is 0. The van der Waals surface area contributed by atoms with Crippen LogP contribution in [-0.4, -0.2) is 15.0 Å². The van der Waals surface area contributed by atoms with Crippen molar-refractivity contribution in [3.8, 4) is 11.1 Å². The number of fused-ring (bicyclic) bond motifs is 1. The molecule has 1 unspecified atom stereocenters. The smallest absolute Gasteiger partial charge is 0.318 e. The Morgan fingerprint density at radius 2 is 1.89 bits per heavy atom. The summed E-state index contributed by atoms with van der Waals surface area (Å²) < 4.78 is 39.8. The van der Waals surface area contributed by atoms with Crippen molar-refractivity contribution in [1.29, 1.82) is 0 Å². The standard InChI is InChI=1S/C19H12ClF3N4S/c20-13-5-4-10(7-12(13)19(21,22)23)11-8-28-18-15(11)17(26-9-27-18)16(24)14-3-1-2-6-25-14/h1-9,16H,24H2. The molecule has 1 aromatic carbocycles. The summed E-state index contributed by atoms with van der Waals surface area (Å²) in [7, 11) is 0. The Morgan fingerprint density at radius 1 is 1.07 bits per heavy atom. The van der Waals surface area contributed by atoms with Gasteiger partial charge in [-0.1, -0.05) is 23.7 Å². The highest BCUT2D eigenvalue weighted by Crippen LogP contribution is 2.41. The van der Waals surface area contributed by atoms with Crippen LogP contribution in [0.15, 0.2) is 54.3 Å². The van der Waals surface area contributed by atoms with Crippen molar-refractivity contribution >= 4 is 33.2 Å². The molecule has 4 aromatic rings. The molecule has 0 radical (unpaired) electrons. The molecule has 0 bridgehead atoms. The molecule has 0 saturated carbocycles. The predicted molar refractivity (Wildman–Crippen MR) is 103 cm³/mol. The third-order valence-electron chi connectivity index (χ3n) is 4.28. The van der Waals surface area contributed by atoms with Crippen LogP contribution < -0.4 is 5.73 Å². The predicted octanol–water partition coefficient (Wildman–Crippen LogP) is 5.47. The summed E-state index contributed by atoms with van der Waals surface area (Å²) in [6, 6.07) is 8.53. The molecule has 9 heteroatoms. The van der Waals surface area contributed by atoms with E-state index < -0.39 is 17.8 Å². The molecule has 1 atom stereocenters. The lowest BCUT2D eigenvalue weighted by Gasteiger charge is -2.14. The van der Waals surface area contributed by atoms with Gasteiger partial charge in [0.1, 0.15) is 11.2 Å². The number of thiophene rings is 1. The van der Waals surface area contributed by atoms with Gasteiger partial charge in [-0.2, -0.15) is 13.2 Å². The largest absolute Gasteiger partial charge is 0.417 e. The Hall–Kier alpha value is -2.55. The summed E-state index contributed by atoms with van der Waals surface area (Å²) in [4.78, 5) is 13.4. The van der Waals surface area contributed by atoms with Gasteiger partial charge in [-0.3, -0.25) is 4.98 Å². The average molecular weight is 421 g/mol. The molecular weight excluding hydrogens is 409 g/mol. The van der Waals surface area contributed by atoms with Crippen molar-refractivity contribution in [2.24, 2.45) is 5.73 Å². The fraction of sp³-hybridized carbons (Fsp3) is 0.105. The minimum Gasteiger partial charge on any atom is -0.318 e. The maximum atomic E-state index is 13.3. The molecule has 2 N–H and O–H groups in total. The molecule has 0 spiro atoms. The first kappa shape index (κ1) is 18.8. The quantitative estimate of drug-likeness (QED) is 0.477. The zero-order chi connectivity index (χ0) is 19.9. The number of halogens is 4. The Bertz CT molecular complexity index is 1150. The second-order valence-electron chi connectivity index (χ2n) is 6.01. The molecule has 4 rings (SSSR count). The number of nitrogens with two attached hydrogens (primary N) is 1. The number of pyridine rings is 1. The Balaban J connectivity index is 1.91. The number of hydrogen-bond donors (Lipinski definition) is 1. The van der Waals surface area contributed by atoms with E-state index in [1.54, 1.807) is 29.8 Å². The van der Waals surface area contributed by atoms with Crippen molar-refractivity contribution in [3.05, 3.63) is 76.3 Å². The summed E-state index contributed by atoms with van der Waals surface area (Å²) in [6.07, 6.45) is -1.54. The zero-order valence-electron chi connectivity index (χ0n) is 14.1. The summed E-state index contributed by atoms with van der Waals surface area (Å²) in [5.74, 6) is 0. The fourth-order valence-electron chi connectivity index (χ4n) is 2.96. The van der Waals surface area contributed by atoms with Gasteiger partial charge in [-0.25, -0.2) is 9.97 Å². The van der Waals surface area contributed by atoms with Gasteiger partial charge in [-0.05, 0) is 29.8 Å². The molecular formula is C19H12ClF3N4S. The van der Waals surface area contributed by atoms with Crippen molar-refractivity contribution in [1.82, 2.24) is 15.0 Å². The topological polar surface area (TPSA) is 64.7 Å². The SMILES string of the molecule is NC(c1ccccn1)c1ncnc2scc(-c3ccc(Cl)c(C(F)(F)F)c3)c12. The van der Waals surface area contributed by atoms with Crippen LogP contribution in [0.25, 0.3) is 21.3 Å². The van der Waals surface area contributed by atoms with Crippen LogP contribution >= 0.6 is 22.9 Å². The molecule has 0 aliphatic carbocycles. The van der Waals surface area contributed by atoms with Crippen LogP contribution in [0.3, 0.4) is 0 Å². The van der Waals surface area contributed by atoms with Crippen LogP contribution in [0.5, 0.6) is 0 Å². The highest BCUT2D eigenvalue weighted by Gasteiger charge is 2.33. The number of benzene rings is 1. The monoisotopic (exact) mass is 420 g/mol. The number of aromatic nitrogens is 3. The van der Waals surface area contributed by atoms with Crippen LogP contribution in [0, 0.1) is 0 Å². The van der Waals surface area contributed by atoms with Crippen LogP contribution in [0.1, 0.15) is 23.0 Å². The van der Waals surface area contributed by atoms with Gasteiger partial charge in [0, 0.05) is 22.5 Å². The highest BCUT2D eigenvalue weighted by molar-refractivity contribution is 7.17. The number of alkyl halides is 3. The molecule has 0 saturated heterocycles. The van der Waals surface area contributed by atoms with Crippen LogP contribution in [-0.2, 0) is 6.18 Å². The van der Waals surface area contributed by atoms with Gasteiger partial charge in [0.25, 0.3) is 0 Å². The molecule has 3 aromatic heterocycles. The average Bonchev–Trinajstić information content (AvgIpc) is 3.12. The zero-order valence-corrected chi connectivity index (χ0v) is 15.7. The maximum absolute atomic E-state index is 13.3.